The van der Waals surface area contributed by atoms with Crippen LogP contribution in [0.4, 0.5) is 0 Å². The third-order valence-electron chi connectivity index (χ3n) is 8.69. The van der Waals surface area contributed by atoms with Gasteiger partial charge in [0.2, 0.25) is 0 Å². The number of nitrogens with one attached hydrogen (secondary N) is 1. The Morgan fingerprint density at radius 2 is 1.12 bits per heavy atom. The van der Waals surface area contributed by atoms with Crippen LogP contribution in [0.5, 0.6) is 5.75 Å². The number of carbonyl (C=O) groups excluding carboxylic acids is 1. The Hall–Kier alpha value is -1.65. The van der Waals surface area contributed by atoms with Crippen LogP contribution >= 0.6 is 0 Å². The van der Waals surface area contributed by atoms with E-state index in [-0.39, 0.29) is 22.8 Å². The van der Waals surface area contributed by atoms with Crippen LogP contribution in [0.3, 0.4) is 0 Å². The fourth-order valence-corrected chi connectivity index (χ4v) is 6.04. The SMILES string of the molecule is CCCCCCC(CCCCCCCCCCCCC[NH+](C)C)CCCCOc1ccccc1C(=O)c1ccccc1.[Br-]. The summed E-state index contributed by atoms with van der Waals surface area (Å²) in [4.78, 5) is 14.6. The first-order valence-electron chi connectivity index (χ1n) is 17.7. The summed E-state index contributed by atoms with van der Waals surface area (Å²) in [6, 6.07) is 17.2. The fraction of sp³-hybridized carbons (Fsp3) is 0.667. The standard InChI is InChI=1S/C39H63NO2.BrH/c1-4-5-6-17-26-35(27-18-14-12-10-8-7-9-11-13-15-24-33-40(2)3)28-23-25-34-42-38-32-22-21-31-37(38)39(41)36-29-19-16-20-30-36;/h16,19-22,29-32,35H,4-15,17-18,23-28,33-34H2,1-3H3;1H. The first kappa shape index (κ1) is 39.4. The molecule has 244 valence electrons. The average Bonchev–Trinajstić information content (AvgIpc) is 3.01. The molecule has 1 atom stereocenters. The van der Waals surface area contributed by atoms with Crippen molar-refractivity contribution in [2.24, 2.45) is 5.92 Å². The van der Waals surface area contributed by atoms with Crippen LogP contribution < -0.4 is 26.6 Å². The molecule has 2 aromatic rings. The zero-order valence-corrected chi connectivity index (χ0v) is 29.6. The normalized spacial score (nSPS) is 11.8. The molecule has 0 bridgehead atoms. The molecule has 0 saturated heterocycles. The highest BCUT2D eigenvalue weighted by Gasteiger charge is 2.14. The minimum atomic E-state index is 0. The number of hydrogen-bond acceptors (Lipinski definition) is 2. The third kappa shape index (κ3) is 19.4. The van der Waals surface area contributed by atoms with Crippen LogP contribution in [0.1, 0.15) is 151 Å². The van der Waals surface area contributed by atoms with Crippen LogP contribution in [0.25, 0.3) is 0 Å². The number of ether oxygens (including phenoxy) is 1. The lowest BCUT2D eigenvalue weighted by Crippen LogP contribution is -3.05. The monoisotopic (exact) mass is 657 g/mol. The number of halogens is 1. The topological polar surface area (TPSA) is 30.7 Å². The van der Waals surface area contributed by atoms with E-state index in [4.69, 9.17) is 4.74 Å². The molecule has 0 aromatic heterocycles. The summed E-state index contributed by atoms with van der Waals surface area (Å²) in [5.74, 6) is 1.61. The molecule has 0 aliphatic heterocycles. The predicted molar refractivity (Wildman–Crippen MR) is 181 cm³/mol. The molecule has 3 nitrogen and oxygen atoms in total. The zero-order valence-electron chi connectivity index (χ0n) is 28.0. The lowest BCUT2D eigenvalue weighted by Gasteiger charge is -2.17. The molecule has 0 fully saturated rings. The number of benzene rings is 2. The Bertz CT molecular complexity index is 916. The maximum Gasteiger partial charge on any atom is 0.196 e. The molecule has 1 unspecified atom stereocenters. The highest BCUT2D eigenvalue weighted by molar-refractivity contribution is 6.10. The fourth-order valence-electron chi connectivity index (χ4n) is 6.04. The van der Waals surface area contributed by atoms with Gasteiger partial charge < -0.3 is 26.6 Å². The second kappa shape index (κ2) is 26.7. The van der Waals surface area contributed by atoms with Gasteiger partial charge in [0.25, 0.3) is 0 Å². The Kier molecular flexibility index (Phi) is 24.5. The minimum absolute atomic E-state index is 0. The van der Waals surface area contributed by atoms with Gasteiger partial charge in [-0.15, -0.1) is 0 Å². The van der Waals surface area contributed by atoms with Crippen LogP contribution in [-0.4, -0.2) is 33.0 Å². The number of para-hydroxylation sites is 1. The van der Waals surface area contributed by atoms with Gasteiger partial charge in [-0.3, -0.25) is 4.79 Å². The van der Waals surface area contributed by atoms with E-state index in [9.17, 15) is 4.79 Å². The Morgan fingerprint density at radius 1 is 0.628 bits per heavy atom. The summed E-state index contributed by atoms with van der Waals surface area (Å²) in [6.07, 6.45) is 27.5. The summed E-state index contributed by atoms with van der Waals surface area (Å²) in [7, 11) is 4.51. The van der Waals surface area contributed by atoms with Crippen molar-refractivity contribution in [3.05, 3.63) is 65.7 Å². The van der Waals surface area contributed by atoms with Gasteiger partial charge in [-0.05, 0) is 43.7 Å². The first-order valence-corrected chi connectivity index (χ1v) is 17.7. The maximum absolute atomic E-state index is 13.0. The quantitative estimate of drug-likeness (QED) is 0.0839. The molecule has 2 aromatic carbocycles. The van der Waals surface area contributed by atoms with E-state index in [1.54, 1.807) is 4.90 Å². The van der Waals surface area contributed by atoms with Gasteiger partial charge in [0.05, 0.1) is 32.8 Å². The van der Waals surface area contributed by atoms with E-state index in [1.165, 1.54) is 129 Å². The molecule has 0 aliphatic rings. The number of hydrogen-bond donors (Lipinski definition) is 1. The van der Waals surface area contributed by atoms with Crippen molar-refractivity contribution in [2.75, 3.05) is 27.2 Å². The van der Waals surface area contributed by atoms with Gasteiger partial charge in [0.1, 0.15) is 5.75 Å². The van der Waals surface area contributed by atoms with Crippen LogP contribution in [0, 0.1) is 5.92 Å². The Morgan fingerprint density at radius 3 is 1.70 bits per heavy atom. The first-order chi connectivity index (χ1) is 20.6. The summed E-state index contributed by atoms with van der Waals surface area (Å²) in [5.41, 5.74) is 1.37. The Balaban J connectivity index is 0.00000924. The van der Waals surface area contributed by atoms with Gasteiger partial charge in [-0.25, -0.2) is 0 Å². The highest BCUT2D eigenvalue weighted by atomic mass is 79.9. The molecule has 43 heavy (non-hydrogen) atoms. The summed E-state index contributed by atoms with van der Waals surface area (Å²) >= 11 is 0. The van der Waals surface area contributed by atoms with Crippen molar-refractivity contribution in [1.82, 2.24) is 0 Å². The molecule has 0 aliphatic carbocycles. The van der Waals surface area contributed by atoms with Gasteiger partial charge in [0.15, 0.2) is 5.78 Å². The molecule has 0 amide bonds. The van der Waals surface area contributed by atoms with E-state index >= 15 is 0 Å². The van der Waals surface area contributed by atoms with Crippen molar-refractivity contribution in [1.29, 1.82) is 0 Å². The smallest absolute Gasteiger partial charge is 0.196 e. The highest BCUT2D eigenvalue weighted by Crippen LogP contribution is 2.25. The van der Waals surface area contributed by atoms with Gasteiger partial charge in [0, 0.05) is 5.56 Å². The van der Waals surface area contributed by atoms with Gasteiger partial charge in [-0.1, -0.05) is 152 Å². The largest absolute Gasteiger partial charge is 1.00 e. The molecule has 2 rings (SSSR count). The lowest BCUT2D eigenvalue weighted by atomic mass is 9.90. The number of rotatable bonds is 27. The van der Waals surface area contributed by atoms with Crippen molar-refractivity contribution in [3.63, 3.8) is 0 Å². The average molecular weight is 659 g/mol. The lowest BCUT2D eigenvalue weighted by molar-refractivity contribution is -0.858. The van der Waals surface area contributed by atoms with Crippen molar-refractivity contribution < 1.29 is 31.4 Å². The predicted octanol–water partition coefficient (Wildman–Crippen LogP) is 6.88. The second-order valence-corrected chi connectivity index (χ2v) is 12.9. The van der Waals surface area contributed by atoms with Crippen LogP contribution in [0.15, 0.2) is 54.6 Å². The molecule has 0 heterocycles. The van der Waals surface area contributed by atoms with Crippen molar-refractivity contribution in [3.8, 4) is 5.75 Å². The van der Waals surface area contributed by atoms with E-state index in [0.29, 0.717) is 23.5 Å². The summed E-state index contributed by atoms with van der Waals surface area (Å²) < 4.78 is 6.14. The zero-order chi connectivity index (χ0) is 30.1. The Labute approximate surface area is 276 Å². The van der Waals surface area contributed by atoms with E-state index in [2.05, 4.69) is 21.0 Å². The number of quaternary nitrogens is 1. The molecule has 0 saturated carbocycles. The number of ketones is 1. The van der Waals surface area contributed by atoms with Gasteiger partial charge >= 0.3 is 0 Å². The van der Waals surface area contributed by atoms with Gasteiger partial charge in [-0.2, -0.15) is 0 Å². The molecule has 4 heteroatoms. The van der Waals surface area contributed by atoms with E-state index in [0.717, 1.165) is 12.3 Å². The molecule has 1 N–H and O–H groups in total. The van der Waals surface area contributed by atoms with E-state index in [1.807, 2.05) is 54.6 Å². The third-order valence-corrected chi connectivity index (χ3v) is 8.69. The van der Waals surface area contributed by atoms with Crippen LogP contribution in [-0.2, 0) is 0 Å². The van der Waals surface area contributed by atoms with Crippen molar-refractivity contribution >= 4 is 5.78 Å². The number of unbranched alkanes of at least 4 members (excludes halogenated alkanes) is 14. The molecule has 0 radical (unpaired) electrons. The second-order valence-electron chi connectivity index (χ2n) is 12.9. The van der Waals surface area contributed by atoms with Crippen LogP contribution in [0.2, 0.25) is 0 Å². The maximum atomic E-state index is 13.0. The minimum Gasteiger partial charge on any atom is -1.00 e. The molecular formula is C39H64BrNO2. The summed E-state index contributed by atoms with van der Waals surface area (Å²) in [6.45, 7) is 4.30. The summed E-state index contributed by atoms with van der Waals surface area (Å²) in [5, 5.41) is 0. The molecule has 0 spiro atoms. The van der Waals surface area contributed by atoms with Crippen molar-refractivity contribution in [2.45, 2.75) is 135 Å². The number of carbonyl (C=O) groups is 1. The van der Waals surface area contributed by atoms with E-state index < -0.39 is 0 Å². The molecular weight excluding hydrogens is 594 g/mol.